The van der Waals surface area contributed by atoms with Crippen LogP contribution in [0.5, 0.6) is 0 Å². The third-order valence-corrected chi connectivity index (χ3v) is 2.94. The topological polar surface area (TPSA) is 80.9 Å². The van der Waals surface area contributed by atoms with Crippen molar-refractivity contribution in [3.05, 3.63) is 33.7 Å². The van der Waals surface area contributed by atoms with Gasteiger partial charge < -0.3 is 5.73 Å². The molecule has 0 aliphatic heterocycles. The number of nitrogen functional groups attached to an aromatic ring is 1. The predicted octanol–water partition coefficient (Wildman–Crippen LogP) is 2.14. The van der Waals surface area contributed by atoms with Gasteiger partial charge in [-0.1, -0.05) is 27.3 Å². The molecular weight excluding hydrogens is 292 g/mol. The van der Waals surface area contributed by atoms with Crippen LogP contribution in [0.4, 0.5) is 10.8 Å². The van der Waals surface area contributed by atoms with E-state index in [9.17, 15) is 4.79 Å². The van der Waals surface area contributed by atoms with Crippen LogP contribution in [0.2, 0.25) is 0 Å². The number of halogens is 1. The second-order valence-electron chi connectivity index (χ2n) is 2.93. The van der Waals surface area contributed by atoms with Crippen molar-refractivity contribution < 1.29 is 4.79 Å². The van der Waals surface area contributed by atoms with Gasteiger partial charge in [0.05, 0.1) is 5.56 Å². The fourth-order valence-electron chi connectivity index (χ4n) is 1.12. The van der Waals surface area contributed by atoms with E-state index < -0.39 is 0 Å². The van der Waals surface area contributed by atoms with Gasteiger partial charge in [0.1, 0.15) is 5.51 Å². The molecule has 5 nitrogen and oxygen atoms in total. The summed E-state index contributed by atoms with van der Waals surface area (Å²) >= 11 is 4.53. The molecule has 1 amide bonds. The van der Waals surface area contributed by atoms with Crippen molar-refractivity contribution in [2.24, 2.45) is 0 Å². The smallest absolute Gasteiger partial charge is 0.259 e. The SMILES string of the molecule is Nc1ccc(Br)cc1C(=O)Nc1nncs1. The van der Waals surface area contributed by atoms with Crippen LogP contribution >= 0.6 is 27.3 Å². The fourth-order valence-corrected chi connectivity index (χ4v) is 1.92. The van der Waals surface area contributed by atoms with Crippen molar-refractivity contribution in [3.8, 4) is 0 Å². The Hall–Kier alpha value is -1.47. The van der Waals surface area contributed by atoms with Gasteiger partial charge in [-0.05, 0) is 18.2 Å². The Kier molecular flexibility index (Phi) is 3.16. The van der Waals surface area contributed by atoms with Gasteiger partial charge in [-0.3, -0.25) is 10.1 Å². The fraction of sp³-hybridized carbons (Fsp3) is 0. The van der Waals surface area contributed by atoms with Crippen LogP contribution < -0.4 is 11.1 Å². The molecule has 0 radical (unpaired) electrons. The van der Waals surface area contributed by atoms with E-state index in [-0.39, 0.29) is 5.91 Å². The molecule has 0 atom stereocenters. The monoisotopic (exact) mass is 298 g/mol. The first-order chi connectivity index (χ1) is 7.66. The molecule has 0 aliphatic rings. The summed E-state index contributed by atoms with van der Waals surface area (Å²) in [6, 6.07) is 5.10. The first-order valence-electron chi connectivity index (χ1n) is 4.29. The maximum atomic E-state index is 11.8. The molecule has 82 valence electrons. The van der Waals surface area contributed by atoms with Gasteiger partial charge in [-0.15, -0.1) is 10.2 Å². The molecule has 1 aromatic heterocycles. The van der Waals surface area contributed by atoms with E-state index >= 15 is 0 Å². The highest BCUT2D eigenvalue weighted by molar-refractivity contribution is 9.10. The van der Waals surface area contributed by atoms with E-state index in [4.69, 9.17) is 5.73 Å². The summed E-state index contributed by atoms with van der Waals surface area (Å²) in [5.74, 6) is -0.296. The summed E-state index contributed by atoms with van der Waals surface area (Å²) in [6.45, 7) is 0. The minimum absolute atomic E-state index is 0.296. The number of rotatable bonds is 2. The lowest BCUT2D eigenvalue weighted by Gasteiger charge is -2.05. The summed E-state index contributed by atoms with van der Waals surface area (Å²) in [7, 11) is 0. The lowest BCUT2D eigenvalue weighted by atomic mass is 10.2. The average molecular weight is 299 g/mol. The first-order valence-corrected chi connectivity index (χ1v) is 5.96. The minimum Gasteiger partial charge on any atom is -0.398 e. The van der Waals surface area contributed by atoms with E-state index in [1.807, 2.05) is 0 Å². The zero-order valence-electron chi connectivity index (χ0n) is 7.98. The van der Waals surface area contributed by atoms with E-state index in [0.717, 1.165) is 4.47 Å². The highest BCUT2D eigenvalue weighted by Gasteiger charge is 2.11. The highest BCUT2D eigenvalue weighted by atomic mass is 79.9. The summed E-state index contributed by atoms with van der Waals surface area (Å²) in [5.41, 5.74) is 8.08. The molecule has 1 aromatic carbocycles. The summed E-state index contributed by atoms with van der Waals surface area (Å²) in [5, 5.41) is 10.4. The van der Waals surface area contributed by atoms with Crippen molar-refractivity contribution >= 4 is 44.0 Å². The Morgan fingerprint density at radius 1 is 1.50 bits per heavy atom. The summed E-state index contributed by atoms with van der Waals surface area (Å²) < 4.78 is 0.795. The molecule has 16 heavy (non-hydrogen) atoms. The summed E-state index contributed by atoms with van der Waals surface area (Å²) in [4.78, 5) is 11.8. The van der Waals surface area contributed by atoms with Crippen LogP contribution in [0, 0.1) is 0 Å². The molecule has 0 saturated heterocycles. The lowest BCUT2D eigenvalue weighted by molar-refractivity contribution is 0.102. The summed E-state index contributed by atoms with van der Waals surface area (Å²) in [6.07, 6.45) is 0. The molecule has 2 rings (SSSR count). The second kappa shape index (κ2) is 4.58. The van der Waals surface area contributed by atoms with E-state index in [2.05, 4.69) is 31.4 Å². The number of nitrogens with one attached hydrogen (secondary N) is 1. The van der Waals surface area contributed by atoms with Gasteiger partial charge in [0.2, 0.25) is 5.13 Å². The molecule has 3 N–H and O–H groups in total. The Morgan fingerprint density at radius 3 is 3.00 bits per heavy atom. The van der Waals surface area contributed by atoms with Crippen LogP contribution in [0.15, 0.2) is 28.2 Å². The molecule has 0 spiro atoms. The van der Waals surface area contributed by atoms with Gasteiger partial charge in [0.25, 0.3) is 5.91 Å². The average Bonchev–Trinajstić information content (AvgIpc) is 2.74. The first kappa shape index (κ1) is 11.0. The van der Waals surface area contributed by atoms with Crippen LogP contribution in [0.25, 0.3) is 0 Å². The van der Waals surface area contributed by atoms with Crippen molar-refractivity contribution in [2.75, 3.05) is 11.1 Å². The molecule has 0 unspecified atom stereocenters. The van der Waals surface area contributed by atoms with Crippen molar-refractivity contribution in [3.63, 3.8) is 0 Å². The number of amides is 1. The number of anilines is 2. The molecule has 1 heterocycles. The predicted molar refractivity (Wildman–Crippen MR) is 66.4 cm³/mol. The molecule has 0 aliphatic carbocycles. The van der Waals surface area contributed by atoms with Gasteiger partial charge in [0.15, 0.2) is 0 Å². The van der Waals surface area contributed by atoms with Crippen molar-refractivity contribution in [1.29, 1.82) is 0 Å². The van der Waals surface area contributed by atoms with Crippen LogP contribution in [-0.2, 0) is 0 Å². The molecule has 0 fully saturated rings. The molecular formula is C9H7BrN4OS. The van der Waals surface area contributed by atoms with Gasteiger partial charge in [-0.25, -0.2) is 0 Å². The second-order valence-corrected chi connectivity index (χ2v) is 4.68. The normalized spacial score (nSPS) is 10.1. The largest absolute Gasteiger partial charge is 0.398 e. The van der Waals surface area contributed by atoms with Crippen molar-refractivity contribution in [1.82, 2.24) is 10.2 Å². The molecule has 0 bridgehead atoms. The minimum atomic E-state index is -0.296. The number of carbonyl (C=O) groups excluding carboxylic acids is 1. The van der Waals surface area contributed by atoms with Crippen LogP contribution in [-0.4, -0.2) is 16.1 Å². The molecule has 2 aromatic rings. The number of carbonyl (C=O) groups is 1. The molecule has 0 saturated carbocycles. The quantitative estimate of drug-likeness (QED) is 0.832. The number of nitrogens with two attached hydrogens (primary N) is 1. The standard InChI is InChI=1S/C9H7BrN4OS/c10-5-1-2-7(11)6(3-5)8(15)13-9-14-12-4-16-9/h1-4H,11H2,(H,13,14,15). The number of aromatic nitrogens is 2. The zero-order chi connectivity index (χ0) is 11.5. The van der Waals surface area contributed by atoms with Crippen LogP contribution in [0.1, 0.15) is 10.4 Å². The highest BCUT2D eigenvalue weighted by Crippen LogP contribution is 2.20. The van der Waals surface area contributed by atoms with Gasteiger partial charge in [-0.2, -0.15) is 0 Å². The molecule has 7 heteroatoms. The number of nitrogens with zero attached hydrogens (tertiary/aromatic N) is 2. The van der Waals surface area contributed by atoms with Gasteiger partial charge in [0, 0.05) is 10.2 Å². The Morgan fingerprint density at radius 2 is 2.31 bits per heavy atom. The van der Waals surface area contributed by atoms with Gasteiger partial charge >= 0.3 is 0 Å². The van der Waals surface area contributed by atoms with E-state index in [1.165, 1.54) is 11.3 Å². The van der Waals surface area contributed by atoms with Crippen LogP contribution in [0.3, 0.4) is 0 Å². The Bertz CT molecular complexity index is 514. The number of hydrogen-bond acceptors (Lipinski definition) is 5. The lowest BCUT2D eigenvalue weighted by Crippen LogP contribution is -2.13. The Labute approximate surface area is 104 Å². The third-order valence-electron chi connectivity index (χ3n) is 1.84. The zero-order valence-corrected chi connectivity index (χ0v) is 10.4. The van der Waals surface area contributed by atoms with Crippen molar-refractivity contribution in [2.45, 2.75) is 0 Å². The number of hydrogen-bond donors (Lipinski definition) is 2. The van der Waals surface area contributed by atoms with E-state index in [0.29, 0.717) is 16.4 Å². The third kappa shape index (κ3) is 2.37. The van der Waals surface area contributed by atoms with E-state index in [1.54, 1.807) is 23.7 Å². The maximum Gasteiger partial charge on any atom is 0.259 e. The Balaban J connectivity index is 2.24. The maximum absolute atomic E-state index is 11.8. The number of benzene rings is 1.